The number of hydrogen-bond donors (Lipinski definition) is 1. The van der Waals surface area contributed by atoms with Gasteiger partial charge in [-0.15, -0.1) is 0 Å². The molecule has 0 bridgehead atoms. The zero-order valence-corrected chi connectivity index (χ0v) is 11.1. The Hall–Kier alpha value is -0.860. The summed E-state index contributed by atoms with van der Waals surface area (Å²) >= 11 is 0. The molecule has 1 N–H and O–H groups in total. The predicted molar refractivity (Wildman–Crippen MR) is 71.6 cm³/mol. The molecular weight excluding hydrogens is 224 g/mol. The monoisotopic (exact) mass is 246 g/mol. The van der Waals surface area contributed by atoms with Crippen LogP contribution in [0.3, 0.4) is 0 Å². The quantitative estimate of drug-likeness (QED) is 0.880. The van der Waals surface area contributed by atoms with Crippen molar-refractivity contribution in [3.63, 3.8) is 0 Å². The lowest BCUT2D eigenvalue weighted by atomic mass is 9.70. The minimum absolute atomic E-state index is 0.320. The largest absolute Gasteiger partial charge is 0.385 e. The number of benzene rings is 1. The van der Waals surface area contributed by atoms with Crippen LogP contribution in [-0.2, 0) is 4.74 Å². The normalized spacial score (nSPS) is 24.1. The second kappa shape index (κ2) is 4.67. The van der Waals surface area contributed by atoms with Crippen LogP contribution in [0.1, 0.15) is 61.7 Å². The topological polar surface area (TPSA) is 29.5 Å². The Morgan fingerprint density at radius 3 is 2.44 bits per heavy atom. The Kier molecular flexibility index (Phi) is 3.16. The molecule has 3 rings (SSSR count). The Morgan fingerprint density at radius 1 is 1.22 bits per heavy atom. The number of methoxy groups -OCH3 is 1. The number of rotatable bonds is 4. The Morgan fingerprint density at radius 2 is 1.94 bits per heavy atom. The molecule has 2 aliphatic carbocycles. The molecular formula is C16H22O2. The van der Waals surface area contributed by atoms with Crippen molar-refractivity contribution in [3.05, 3.63) is 35.4 Å². The molecule has 98 valence electrons. The van der Waals surface area contributed by atoms with Crippen molar-refractivity contribution < 1.29 is 9.84 Å². The number of hydrogen-bond acceptors (Lipinski definition) is 2. The third-order valence-corrected chi connectivity index (χ3v) is 4.94. The smallest absolute Gasteiger partial charge is 0.108 e. The van der Waals surface area contributed by atoms with E-state index in [9.17, 15) is 5.11 Å². The fraction of sp³-hybridized carbons (Fsp3) is 0.625. The first-order valence-electron chi connectivity index (χ1n) is 7.09. The van der Waals surface area contributed by atoms with Crippen molar-refractivity contribution >= 4 is 0 Å². The molecule has 0 saturated heterocycles. The molecule has 1 atom stereocenters. The molecule has 0 aliphatic heterocycles. The van der Waals surface area contributed by atoms with E-state index in [1.54, 1.807) is 7.11 Å². The van der Waals surface area contributed by atoms with Crippen LogP contribution in [-0.4, -0.2) is 17.8 Å². The first-order valence-corrected chi connectivity index (χ1v) is 7.09. The first-order chi connectivity index (χ1) is 8.77. The molecule has 0 amide bonds. The van der Waals surface area contributed by atoms with Gasteiger partial charge in [0.2, 0.25) is 0 Å². The highest BCUT2D eigenvalue weighted by Gasteiger charge is 2.45. The predicted octanol–water partition coefficient (Wildman–Crippen LogP) is 3.56. The summed E-state index contributed by atoms with van der Waals surface area (Å²) in [7, 11) is 1.73. The van der Waals surface area contributed by atoms with Crippen molar-refractivity contribution in [3.8, 4) is 0 Å². The highest BCUT2D eigenvalue weighted by atomic mass is 16.5. The van der Waals surface area contributed by atoms with Gasteiger partial charge in [0.15, 0.2) is 0 Å². The molecule has 2 saturated carbocycles. The van der Waals surface area contributed by atoms with Gasteiger partial charge in [-0.2, -0.15) is 0 Å². The summed E-state index contributed by atoms with van der Waals surface area (Å²) in [6.45, 7) is 0. The Balaban J connectivity index is 1.90. The van der Waals surface area contributed by atoms with Crippen LogP contribution >= 0.6 is 0 Å². The van der Waals surface area contributed by atoms with E-state index < -0.39 is 6.10 Å². The Bertz CT molecular complexity index is 413. The number of aliphatic hydroxyl groups excluding tert-OH is 1. The third kappa shape index (κ3) is 1.79. The van der Waals surface area contributed by atoms with Crippen LogP contribution in [0, 0.1) is 0 Å². The SMILES string of the molecule is COC1(C(O)c2ccccc2C2CCC2)CCC1. The van der Waals surface area contributed by atoms with Gasteiger partial charge in [-0.25, -0.2) is 0 Å². The van der Waals surface area contributed by atoms with E-state index in [1.807, 2.05) is 6.07 Å². The zero-order chi connectivity index (χ0) is 12.6. The molecule has 0 aromatic heterocycles. The zero-order valence-electron chi connectivity index (χ0n) is 11.1. The van der Waals surface area contributed by atoms with Gasteiger partial charge in [0.05, 0.1) is 5.60 Å². The van der Waals surface area contributed by atoms with E-state index in [0.717, 1.165) is 24.8 Å². The van der Waals surface area contributed by atoms with Gasteiger partial charge in [-0.05, 0) is 49.1 Å². The molecule has 1 aromatic carbocycles. The lowest BCUT2D eigenvalue weighted by Crippen LogP contribution is -2.45. The van der Waals surface area contributed by atoms with Crippen LogP contribution in [0.4, 0.5) is 0 Å². The van der Waals surface area contributed by atoms with Crippen molar-refractivity contribution in [2.45, 2.75) is 56.1 Å². The second-order valence-corrected chi connectivity index (χ2v) is 5.78. The number of aliphatic hydroxyl groups is 1. The fourth-order valence-corrected chi connectivity index (χ4v) is 3.25. The standard InChI is InChI=1S/C16H22O2/c1-18-16(10-5-11-16)15(17)14-9-3-2-8-13(14)12-6-4-7-12/h2-3,8-9,12,15,17H,4-7,10-11H2,1H3. The van der Waals surface area contributed by atoms with Gasteiger partial charge in [0, 0.05) is 7.11 Å². The van der Waals surface area contributed by atoms with E-state index in [2.05, 4.69) is 18.2 Å². The van der Waals surface area contributed by atoms with Crippen molar-refractivity contribution in [1.29, 1.82) is 0 Å². The summed E-state index contributed by atoms with van der Waals surface area (Å²) in [5, 5.41) is 10.7. The summed E-state index contributed by atoms with van der Waals surface area (Å²) < 4.78 is 5.63. The molecule has 0 radical (unpaired) electrons. The van der Waals surface area contributed by atoms with Crippen molar-refractivity contribution in [1.82, 2.24) is 0 Å². The average molecular weight is 246 g/mol. The maximum atomic E-state index is 10.7. The average Bonchev–Trinajstić information content (AvgIpc) is 2.26. The molecule has 2 aliphatic rings. The molecule has 0 spiro atoms. The molecule has 2 heteroatoms. The maximum Gasteiger partial charge on any atom is 0.108 e. The van der Waals surface area contributed by atoms with Gasteiger partial charge in [0.25, 0.3) is 0 Å². The fourth-order valence-electron chi connectivity index (χ4n) is 3.25. The highest BCUT2D eigenvalue weighted by Crippen LogP contribution is 2.48. The molecule has 2 nitrogen and oxygen atoms in total. The van der Waals surface area contributed by atoms with Crippen LogP contribution in [0.25, 0.3) is 0 Å². The molecule has 0 heterocycles. The van der Waals surface area contributed by atoms with Gasteiger partial charge in [-0.1, -0.05) is 30.7 Å². The first kappa shape index (κ1) is 12.2. The summed E-state index contributed by atoms with van der Waals surface area (Å²) in [6, 6.07) is 8.38. The highest BCUT2D eigenvalue weighted by molar-refractivity contribution is 5.35. The minimum atomic E-state index is -0.465. The van der Waals surface area contributed by atoms with Crippen LogP contribution in [0.5, 0.6) is 0 Å². The summed E-state index contributed by atoms with van der Waals surface area (Å²) in [5.41, 5.74) is 2.13. The van der Waals surface area contributed by atoms with Gasteiger partial charge < -0.3 is 9.84 Å². The van der Waals surface area contributed by atoms with Crippen molar-refractivity contribution in [2.75, 3.05) is 7.11 Å². The molecule has 1 unspecified atom stereocenters. The second-order valence-electron chi connectivity index (χ2n) is 5.78. The van der Waals surface area contributed by atoms with Crippen molar-refractivity contribution in [2.24, 2.45) is 0 Å². The van der Waals surface area contributed by atoms with Crippen LogP contribution < -0.4 is 0 Å². The van der Waals surface area contributed by atoms with Gasteiger partial charge >= 0.3 is 0 Å². The van der Waals surface area contributed by atoms with Gasteiger partial charge in [-0.3, -0.25) is 0 Å². The van der Waals surface area contributed by atoms with E-state index in [0.29, 0.717) is 5.92 Å². The third-order valence-electron chi connectivity index (χ3n) is 4.94. The maximum absolute atomic E-state index is 10.7. The molecule has 18 heavy (non-hydrogen) atoms. The Labute approximate surface area is 109 Å². The molecule has 1 aromatic rings. The van der Waals surface area contributed by atoms with Crippen LogP contribution in [0.15, 0.2) is 24.3 Å². The number of ether oxygens (including phenoxy) is 1. The van der Waals surface area contributed by atoms with Crippen LogP contribution in [0.2, 0.25) is 0 Å². The summed E-state index contributed by atoms with van der Waals surface area (Å²) in [5.74, 6) is 0.657. The summed E-state index contributed by atoms with van der Waals surface area (Å²) in [4.78, 5) is 0. The molecule has 2 fully saturated rings. The van der Waals surface area contributed by atoms with E-state index in [-0.39, 0.29) is 5.60 Å². The summed E-state index contributed by atoms with van der Waals surface area (Å²) in [6.07, 6.45) is 6.51. The van der Waals surface area contributed by atoms with E-state index in [1.165, 1.54) is 24.8 Å². The van der Waals surface area contributed by atoms with E-state index >= 15 is 0 Å². The lowest BCUT2D eigenvalue weighted by Gasteiger charge is -2.45. The lowest BCUT2D eigenvalue weighted by molar-refractivity contribution is -0.152. The van der Waals surface area contributed by atoms with E-state index in [4.69, 9.17) is 4.74 Å². The minimum Gasteiger partial charge on any atom is -0.385 e. The van der Waals surface area contributed by atoms with Gasteiger partial charge in [0.1, 0.15) is 6.10 Å².